The molecule has 180 valence electrons. The van der Waals surface area contributed by atoms with Crippen molar-refractivity contribution < 1.29 is 19.0 Å². The van der Waals surface area contributed by atoms with Crippen LogP contribution < -0.4 is 24.8 Å². The maximum Gasteiger partial charge on any atom is 0.257 e. The fraction of sp³-hybridized carbons (Fsp3) is 0.320. The quantitative estimate of drug-likeness (QED) is 0.386. The molecular weight excluding hydrogens is 434 g/mol. The number of guanidine groups is 1. The van der Waals surface area contributed by atoms with Gasteiger partial charge in [0.05, 0.1) is 33.6 Å². The number of aryl methyl sites for hydroxylation is 2. The Morgan fingerprint density at radius 1 is 1.00 bits per heavy atom. The first-order chi connectivity index (χ1) is 16.4. The number of anilines is 1. The van der Waals surface area contributed by atoms with Gasteiger partial charge in [0.25, 0.3) is 5.91 Å². The van der Waals surface area contributed by atoms with Crippen molar-refractivity contribution in [3.05, 3.63) is 65.0 Å². The zero-order valence-electron chi connectivity index (χ0n) is 20.4. The van der Waals surface area contributed by atoms with Crippen LogP contribution in [0, 0.1) is 13.8 Å². The number of aromatic nitrogens is 2. The van der Waals surface area contributed by atoms with Crippen LogP contribution in [0.5, 0.6) is 17.2 Å². The van der Waals surface area contributed by atoms with Gasteiger partial charge in [0.2, 0.25) is 5.96 Å². The number of benzene rings is 2. The van der Waals surface area contributed by atoms with E-state index in [1.807, 2.05) is 31.5 Å². The summed E-state index contributed by atoms with van der Waals surface area (Å²) in [6.07, 6.45) is 0. The van der Waals surface area contributed by atoms with Gasteiger partial charge in [-0.1, -0.05) is 0 Å². The van der Waals surface area contributed by atoms with E-state index >= 15 is 0 Å². The maximum atomic E-state index is 12.9. The SMILES string of the molecule is CCn1nc(C)c(CN=C(NC(=O)c2ccc(OC)cc2)Nc2ccc(OC)c(OC)c2)c1C. The van der Waals surface area contributed by atoms with Crippen molar-refractivity contribution in [3.8, 4) is 17.2 Å². The van der Waals surface area contributed by atoms with Gasteiger partial charge in [0.15, 0.2) is 11.5 Å². The van der Waals surface area contributed by atoms with Crippen molar-refractivity contribution in [3.63, 3.8) is 0 Å². The number of amides is 1. The number of ether oxygens (including phenoxy) is 3. The molecule has 0 bridgehead atoms. The van der Waals surface area contributed by atoms with E-state index in [9.17, 15) is 4.79 Å². The topological polar surface area (TPSA) is 99.0 Å². The highest BCUT2D eigenvalue weighted by atomic mass is 16.5. The van der Waals surface area contributed by atoms with Gasteiger partial charge in [-0.15, -0.1) is 0 Å². The van der Waals surface area contributed by atoms with Crippen LogP contribution in [0.25, 0.3) is 0 Å². The summed E-state index contributed by atoms with van der Waals surface area (Å²) in [5.74, 6) is 1.84. The van der Waals surface area contributed by atoms with Crippen molar-refractivity contribution >= 4 is 17.6 Å². The molecule has 9 heteroatoms. The highest BCUT2D eigenvalue weighted by Crippen LogP contribution is 2.29. The molecule has 1 heterocycles. The van der Waals surface area contributed by atoms with Gasteiger partial charge in [0.1, 0.15) is 5.75 Å². The normalized spacial score (nSPS) is 11.2. The fourth-order valence-corrected chi connectivity index (χ4v) is 3.51. The molecule has 9 nitrogen and oxygen atoms in total. The second kappa shape index (κ2) is 11.2. The van der Waals surface area contributed by atoms with Gasteiger partial charge < -0.3 is 19.5 Å². The smallest absolute Gasteiger partial charge is 0.257 e. The molecule has 0 radical (unpaired) electrons. The Morgan fingerprint density at radius 3 is 2.29 bits per heavy atom. The molecule has 0 saturated heterocycles. The lowest BCUT2D eigenvalue weighted by Crippen LogP contribution is -2.36. The summed E-state index contributed by atoms with van der Waals surface area (Å²) in [6, 6.07) is 12.2. The van der Waals surface area contributed by atoms with Crippen LogP contribution in [-0.4, -0.2) is 43.0 Å². The molecule has 0 saturated carbocycles. The molecule has 34 heavy (non-hydrogen) atoms. The first kappa shape index (κ1) is 24.6. The number of methoxy groups -OCH3 is 3. The number of carbonyl (C=O) groups excluding carboxylic acids is 1. The molecule has 0 spiro atoms. The molecule has 3 rings (SSSR count). The standard InChI is InChI=1S/C25H31N5O4/c1-7-30-17(3)21(16(2)29-30)15-26-25(27-19-10-13-22(33-5)23(14-19)34-6)28-24(31)18-8-11-20(32-4)12-9-18/h8-14H,7,15H2,1-6H3,(H2,26,27,28,31). The summed E-state index contributed by atoms with van der Waals surface area (Å²) >= 11 is 0. The largest absolute Gasteiger partial charge is 0.497 e. The minimum absolute atomic E-state index is 0.299. The molecule has 0 atom stereocenters. The average molecular weight is 466 g/mol. The summed E-state index contributed by atoms with van der Waals surface area (Å²) in [7, 11) is 4.73. The molecular formula is C25H31N5O4. The van der Waals surface area contributed by atoms with E-state index in [0.29, 0.717) is 41.0 Å². The third-order valence-corrected chi connectivity index (χ3v) is 5.46. The van der Waals surface area contributed by atoms with Crippen LogP contribution in [-0.2, 0) is 13.1 Å². The fourth-order valence-electron chi connectivity index (χ4n) is 3.51. The number of hydrogen-bond donors (Lipinski definition) is 2. The van der Waals surface area contributed by atoms with E-state index in [4.69, 9.17) is 14.2 Å². The lowest BCUT2D eigenvalue weighted by atomic mass is 10.2. The van der Waals surface area contributed by atoms with Gasteiger partial charge in [-0.2, -0.15) is 5.10 Å². The van der Waals surface area contributed by atoms with Crippen molar-refractivity contribution in [2.45, 2.75) is 33.9 Å². The maximum absolute atomic E-state index is 12.9. The number of hydrogen-bond acceptors (Lipinski definition) is 6. The summed E-state index contributed by atoms with van der Waals surface area (Å²) in [4.78, 5) is 17.6. The van der Waals surface area contributed by atoms with Crippen molar-refractivity contribution in [2.24, 2.45) is 4.99 Å². The number of nitrogens with one attached hydrogen (secondary N) is 2. The first-order valence-electron chi connectivity index (χ1n) is 10.9. The summed E-state index contributed by atoms with van der Waals surface area (Å²) in [5, 5.41) is 10.6. The van der Waals surface area contributed by atoms with E-state index in [-0.39, 0.29) is 5.91 Å². The van der Waals surface area contributed by atoms with E-state index in [1.165, 1.54) is 0 Å². The highest BCUT2D eigenvalue weighted by molar-refractivity contribution is 6.10. The van der Waals surface area contributed by atoms with Gasteiger partial charge in [-0.25, -0.2) is 4.99 Å². The second-order valence-electron chi connectivity index (χ2n) is 7.51. The van der Waals surface area contributed by atoms with Crippen LogP contribution in [0.15, 0.2) is 47.5 Å². The van der Waals surface area contributed by atoms with E-state index in [2.05, 4.69) is 20.7 Å². The van der Waals surface area contributed by atoms with Gasteiger partial charge in [0, 0.05) is 35.1 Å². The van der Waals surface area contributed by atoms with Crippen LogP contribution in [0.4, 0.5) is 5.69 Å². The summed E-state index contributed by atoms with van der Waals surface area (Å²) in [5.41, 5.74) is 4.15. The number of aliphatic imine (C=N–C) groups is 1. The molecule has 1 aromatic heterocycles. The molecule has 0 fully saturated rings. The third kappa shape index (κ3) is 5.67. The summed E-state index contributed by atoms with van der Waals surface area (Å²) < 4.78 is 17.8. The summed E-state index contributed by atoms with van der Waals surface area (Å²) in [6.45, 7) is 7.16. The Hall–Kier alpha value is -4.01. The molecule has 0 unspecified atom stereocenters. The lowest BCUT2D eigenvalue weighted by molar-refractivity contribution is 0.0977. The zero-order chi connectivity index (χ0) is 24.7. The Morgan fingerprint density at radius 2 is 1.71 bits per heavy atom. The Bertz CT molecular complexity index is 1170. The van der Waals surface area contributed by atoms with E-state index in [1.54, 1.807) is 57.7 Å². The van der Waals surface area contributed by atoms with Gasteiger partial charge >= 0.3 is 0 Å². The minimum Gasteiger partial charge on any atom is -0.497 e. The Balaban J connectivity index is 1.89. The van der Waals surface area contributed by atoms with Gasteiger partial charge in [-0.05, 0) is 57.2 Å². The molecule has 0 aliphatic heterocycles. The predicted molar refractivity (Wildman–Crippen MR) is 132 cm³/mol. The van der Waals surface area contributed by atoms with Crippen LogP contribution in [0.1, 0.15) is 34.2 Å². The molecule has 2 aromatic carbocycles. The number of nitrogens with zero attached hydrogens (tertiary/aromatic N) is 3. The van der Waals surface area contributed by atoms with Crippen LogP contribution in [0.3, 0.4) is 0 Å². The monoisotopic (exact) mass is 465 g/mol. The molecule has 1 amide bonds. The third-order valence-electron chi connectivity index (χ3n) is 5.46. The Kier molecular flexibility index (Phi) is 8.13. The van der Waals surface area contributed by atoms with E-state index in [0.717, 1.165) is 23.5 Å². The van der Waals surface area contributed by atoms with Crippen LogP contribution >= 0.6 is 0 Å². The second-order valence-corrected chi connectivity index (χ2v) is 7.51. The van der Waals surface area contributed by atoms with Crippen molar-refractivity contribution in [1.82, 2.24) is 15.1 Å². The lowest BCUT2D eigenvalue weighted by Gasteiger charge is -2.14. The molecule has 2 N–H and O–H groups in total. The average Bonchev–Trinajstić information content (AvgIpc) is 3.14. The van der Waals surface area contributed by atoms with Crippen LogP contribution in [0.2, 0.25) is 0 Å². The Labute approximate surface area is 199 Å². The first-order valence-corrected chi connectivity index (χ1v) is 10.9. The highest BCUT2D eigenvalue weighted by Gasteiger charge is 2.14. The van der Waals surface area contributed by atoms with E-state index < -0.39 is 0 Å². The zero-order valence-corrected chi connectivity index (χ0v) is 20.4. The number of rotatable bonds is 8. The number of carbonyl (C=O) groups is 1. The minimum atomic E-state index is -0.299. The van der Waals surface area contributed by atoms with Crippen molar-refractivity contribution in [2.75, 3.05) is 26.6 Å². The van der Waals surface area contributed by atoms with Crippen molar-refractivity contribution in [1.29, 1.82) is 0 Å². The molecule has 0 aliphatic carbocycles. The molecule has 3 aromatic rings. The van der Waals surface area contributed by atoms with Gasteiger partial charge in [-0.3, -0.25) is 14.8 Å². The molecule has 0 aliphatic rings. The predicted octanol–water partition coefficient (Wildman–Crippen LogP) is 3.94.